The lowest BCUT2D eigenvalue weighted by Gasteiger charge is -2.35. The van der Waals surface area contributed by atoms with Crippen LogP contribution in [0.1, 0.15) is 23.9 Å². The fourth-order valence-electron chi connectivity index (χ4n) is 4.06. The molecule has 1 atom stereocenters. The van der Waals surface area contributed by atoms with Crippen LogP contribution >= 0.6 is 0 Å². The van der Waals surface area contributed by atoms with E-state index in [2.05, 4.69) is 4.98 Å². The summed E-state index contributed by atoms with van der Waals surface area (Å²) < 4.78 is 54.9. The molecular formula is C27H25F3N2O3. The van der Waals surface area contributed by atoms with Crippen molar-refractivity contribution < 1.29 is 27.1 Å². The van der Waals surface area contributed by atoms with Gasteiger partial charge in [-0.3, -0.25) is 4.79 Å². The van der Waals surface area contributed by atoms with Crippen LogP contribution in [-0.2, 0) is 23.2 Å². The molecule has 5 nitrogen and oxygen atoms in total. The molecule has 35 heavy (non-hydrogen) atoms. The van der Waals surface area contributed by atoms with E-state index < -0.39 is 23.9 Å². The van der Waals surface area contributed by atoms with E-state index in [4.69, 9.17) is 9.15 Å². The van der Waals surface area contributed by atoms with Crippen LogP contribution in [0.5, 0.6) is 5.75 Å². The molecule has 182 valence electrons. The number of ketones is 1. The number of benzene rings is 2. The van der Waals surface area contributed by atoms with Crippen LogP contribution in [0, 0.1) is 6.92 Å². The molecule has 2 heterocycles. The molecule has 1 unspecified atom stereocenters. The molecule has 0 saturated heterocycles. The Morgan fingerprint density at radius 2 is 1.66 bits per heavy atom. The van der Waals surface area contributed by atoms with E-state index in [0.29, 0.717) is 36.0 Å². The van der Waals surface area contributed by atoms with Gasteiger partial charge in [0, 0.05) is 30.8 Å². The number of ether oxygens (including phenoxy) is 1. The van der Waals surface area contributed by atoms with E-state index in [-0.39, 0.29) is 0 Å². The highest BCUT2D eigenvalue weighted by Gasteiger charge is 2.59. The van der Waals surface area contributed by atoms with Crippen LogP contribution in [0.2, 0.25) is 0 Å². The van der Waals surface area contributed by atoms with Crippen LogP contribution in [0.3, 0.4) is 0 Å². The summed E-state index contributed by atoms with van der Waals surface area (Å²) in [4.78, 5) is 16.8. The lowest BCUT2D eigenvalue weighted by Crippen LogP contribution is -2.54. The fraction of sp³-hybridized carbons (Fsp3) is 0.259. The van der Waals surface area contributed by atoms with Gasteiger partial charge in [-0.2, -0.15) is 13.2 Å². The number of hydrogen-bond acceptors (Lipinski definition) is 4. The standard InChI is InChI=1S/C27H25F3N2O3/c1-19-24(31-25(35-19)22-8-4-3-5-9-22)14-17-34-23-12-10-21(11-13-23)18-26(20(2)33,27(28,29)30)32-15-6-7-16-32/h3-13,15-16H,14,17-18H2,1-2H3. The second-order valence-corrected chi connectivity index (χ2v) is 8.31. The number of carbonyl (C=O) groups excluding carboxylic acids is 1. The lowest BCUT2D eigenvalue weighted by molar-refractivity contribution is -0.212. The second kappa shape index (κ2) is 9.82. The first-order chi connectivity index (χ1) is 16.7. The number of halogens is 3. The Hall–Kier alpha value is -3.81. The molecule has 0 aliphatic carbocycles. The van der Waals surface area contributed by atoms with Crippen LogP contribution in [0.15, 0.2) is 83.5 Å². The Labute approximate surface area is 201 Å². The Morgan fingerprint density at radius 3 is 2.26 bits per heavy atom. The molecule has 4 rings (SSSR count). The van der Waals surface area contributed by atoms with Crippen LogP contribution in [0.4, 0.5) is 13.2 Å². The normalized spacial score (nSPS) is 13.4. The van der Waals surface area contributed by atoms with Gasteiger partial charge < -0.3 is 13.7 Å². The van der Waals surface area contributed by atoms with Gasteiger partial charge in [0.2, 0.25) is 11.4 Å². The lowest BCUT2D eigenvalue weighted by atomic mass is 9.86. The van der Waals surface area contributed by atoms with Crippen LogP contribution in [0.25, 0.3) is 11.5 Å². The zero-order valence-electron chi connectivity index (χ0n) is 19.4. The maximum absolute atomic E-state index is 14.1. The third-order valence-corrected chi connectivity index (χ3v) is 6.00. The predicted octanol–water partition coefficient (Wildman–Crippen LogP) is 6.16. The number of Topliss-reactive ketones (excluding diaryl/α,β-unsaturated/α-hetero) is 1. The topological polar surface area (TPSA) is 57.3 Å². The molecule has 0 spiro atoms. The molecule has 0 radical (unpaired) electrons. The molecule has 8 heteroatoms. The van der Waals surface area contributed by atoms with Crippen molar-refractivity contribution in [2.24, 2.45) is 0 Å². The molecular weight excluding hydrogens is 457 g/mol. The number of aromatic nitrogens is 2. The van der Waals surface area contributed by atoms with Crippen molar-refractivity contribution in [3.63, 3.8) is 0 Å². The van der Waals surface area contributed by atoms with Crippen molar-refractivity contribution in [3.8, 4) is 17.2 Å². The summed E-state index contributed by atoms with van der Waals surface area (Å²) in [5.41, 5.74) is -0.624. The van der Waals surface area contributed by atoms with Crippen LogP contribution < -0.4 is 4.74 Å². The van der Waals surface area contributed by atoms with Gasteiger partial charge in [-0.15, -0.1) is 0 Å². The summed E-state index contributed by atoms with van der Waals surface area (Å²) in [5.74, 6) is 0.795. The minimum absolute atomic E-state index is 0.324. The maximum Gasteiger partial charge on any atom is 0.419 e. The van der Waals surface area contributed by atoms with Crippen molar-refractivity contribution in [2.45, 2.75) is 38.4 Å². The number of nitrogens with zero attached hydrogens (tertiary/aromatic N) is 2. The molecule has 0 aliphatic rings. The Bertz CT molecular complexity index is 1260. The third kappa shape index (κ3) is 5.01. The first-order valence-corrected chi connectivity index (χ1v) is 11.2. The first kappa shape index (κ1) is 24.3. The first-order valence-electron chi connectivity index (χ1n) is 11.2. The fourth-order valence-corrected chi connectivity index (χ4v) is 4.06. The minimum atomic E-state index is -4.76. The van der Waals surface area contributed by atoms with Gasteiger partial charge in [-0.25, -0.2) is 4.98 Å². The Kier molecular flexibility index (Phi) is 6.82. The molecule has 0 N–H and O–H groups in total. The van der Waals surface area contributed by atoms with Gasteiger partial charge in [-0.05, 0) is 55.8 Å². The average Bonchev–Trinajstić information content (AvgIpc) is 3.48. The largest absolute Gasteiger partial charge is 0.493 e. The molecule has 0 saturated carbocycles. The van der Waals surface area contributed by atoms with E-state index in [1.165, 1.54) is 24.5 Å². The van der Waals surface area contributed by atoms with Gasteiger partial charge in [0.15, 0.2) is 5.78 Å². The number of carbonyl (C=O) groups is 1. The predicted molar refractivity (Wildman–Crippen MR) is 125 cm³/mol. The van der Waals surface area contributed by atoms with Crippen molar-refractivity contribution in [1.82, 2.24) is 9.55 Å². The van der Waals surface area contributed by atoms with E-state index in [0.717, 1.165) is 22.7 Å². The molecule has 0 aliphatic heterocycles. The van der Waals surface area contributed by atoms with Crippen molar-refractivity contribution in [1.29, 1.82) is 0 Å². The summed E-state index contributed by atoms with van der Waals surface area (Å²) in [6.45, 7) is 3.14. The third-order valence-electron chi connectivity index (χ3n) is 6.00. The summed E-state index contributed by atoms with van der Waals surface area (Å²) in [6, 6.07) is 18.8. The van der Waals surface area contributed by atoms with Crippen molar-refractivity contribution in [2.75, 3.05) is 6.61 Å². The summed E-state index contributed by atoms with van der Waals surface area (Å²) in [6.07, 6.45) is -2.23. The minimum Gasteiger partial charge on any atom is -0.493 e. The highest BCUT2D eigenvalue weighted by Crippen LogP contribution is 2.41. The number of oxazole rings is 1. The van der Waals surface area contributed by atoms with Gasteiger partial charge in [0.1, 0.15) is 11.5 Å². The number of alkyl halides is 3. The summed E-state index contributed by atoms with van der Waals surface area (Å²) >= 11 is 0. The SMILES string of the molecule is CC(=O)C(Cc1ccc(OCCc2nc(-c3ccccc3)oc2C)cc1)(n1cccc1)C(F)(F)F. The summed E-state index contributed by atoms with van der Waals surface area (Å²) in [5, 5.41) is 0. The monoisotopic (exact) mass is 482 g/mol. The van der Waals surface area contributed by atoms with Crippen molar-refractivity contribution in [3.05, 3.63) is 96.1 Å². The van der Waals surface area contributed by atoms with Crippen molar-refractivity contribution >= 4 is 5.78 Å². The molecule has 2 aromatic heterocycles. The number of aryl methyl sites for hydroxylation is 1. The zero-order chi connectivity index (χ0) is 25.1. The van der Waals surface area contributed by atoms with Gasteiger partial charge in [0.05, 0.1) is 12.3 Å². The molecule has 0 fully saturated rings. The van der Waals surface area contributed by atoms with E-state index in [9.17, 15) is 18.0 Å². The van der Waals surface area contributed by atoms with Gasteiger partial charge in [-0.1, -0.05) is 30.3 Å². The maximum atomic E-state index is 14.1. The van der Waals surface area contributed by atoms with E-state index >= 15 is 0 Å². The Balaban J connectivity index is 1.42. The van der Waals surface area contributed by atoms with Gasteiger partial charge >= 0.3 is 6.18 Å². The van der Waals surface area contributed by atoms with Crippen LogP contribution in [-0.4, -0.2) is 28.1 Å². The molecule has 4 aromatic rings. The highest BCUT2D eigenvalue weighted by molar-refractivity contribution is 5.85. The quantitative estimate of drug-likeness (QED) is 0.287. The molecule has 2 aromatic carbocycles. The van der Waals surface area contributed by atoms with E-state index in [1.54, 1.807) is 24.3 Å². The van der Waals surface area contributed by atoms with E-state index in [1.807, 2.05) is 37.3 Å². The smallest absolute Gasteiger partial charge is 0.419 e. The second-order valence-electron chi connectivity index (χ2n) is 8.31. The number of rotatable bonds is 9. The average molecular weight is 483 g/mol. The summed E-state index contributed by atoms with van der Waals surface area (Å²) in [7, 11) is 0. The highest BCUT2D eigenvalue weighted by atomic mass is 19.4. The molecule has 0 bridgehead atoms. The molecule has 0 amide bonds. The van der Waals surface area contributed by atoms with Gasteiger partial charge in [0.25, 0.3) is 0 Å². The zero-order valence-corrected chi connectivity index (χ0v) is 19.4. The number of hydrogen-bond donors (Lipinski definition) is 0. The Morgan fingerprint density at radius 1 is 1.00 bits per heavy atom.